The molecule has 2 aromatic rings. The van der Waals surface area contributed by atoms with E-state index in [9.17, 15) is 9.59 Å². The fourth-order valence-corrected chi connectivity index (χ4v) is 3.32. The average Bonchev–Trinajstić information content (AvgIpc) is 3.23. The molecule has 0 fully saturated rings. The molecular formula is C20H25N3O3. The number of amides is 1. The number of benzene rings is 1. The quantitative estimate of drug-likeness (QED) is 0.713. The van der Waals surface area contributed by atoms with Gasteiger partial charge in [0.2, 0.25) is 5.91 Å². The fraction of sp³-hybridized carbons (Fsp3) is 0.450. The number of fused-ring (bicyclic) bond motifs is 1. The standard InChI is InChI=1S/C20H25N3O3/c1-3-26-19-9-7-14(11-13(19)2)18(24)8-10-20(25)21-12-17-15-5-4-6-16(15)22-23-17/h7,9,11H,3-6,8,10,12H2,1-2H3,(H,21,25)(H,22,23). The van der Waals surface area contributed by atoms with Crippen LogP contribution in [0.25, 0.3) is 0 Å². The van der Waals surface area contributed by atoms with Crippen molar-refractivity contribution in [2.24, 2.45) is 0 Å². The molecule has 0 radical (unpaired) electrons. The zero-order valence-electron chi connectivity index (χ0n) is 15.4. The predicted octanol–water partition coefficient (Wildman–Crippen LogP) is 2.88. The number of carbonyl (C=O) groups is 2. The van der Waals surface area contributed by atoms with Gasteiger partial charge in [-0.15, -0.1) is 0 Å². The number of Topliss-reactive ketones (excluding diaryl/α,β-unsaturated/α-hetero) is 1. The number of nitrogens with one attached hydrogen (secondary N) is 2. The van der Waals surface area contributed by atoms with E-state index in [0.717, 1.165) is 36.3 Å². The highest BCUT2D eigenvalue weighted by Crippen LogP contribution is 2.23. The summed E-state index contributed by atoms with van der Waals surface area (Å²) in [4.78, 5) is 24.4. The number of hydrogen-bond donors (Lipinski definition) is 2. The summed E-state index contributed by atoms with van der Waals surface area (Å²) in [5, 5.41) is 10.2. The lowest BCUT2D eigenvalue weighted by Crippen LogP contribution is -2.24. The van der Waals surface area contributed by atoms with E-state index in [1.165, 1.54) is 11.3 Å². The SMILES string of the molecule is CCOc1ccc(C(=O)CCC(=O)NCc2n[nH]c3c2CCC3)cc1C. The summed E-state index contributed by atoms with van der Waals surface area (Å²) in [6.45, 7) is 4.85. The van der Waals surface area contributed by atoms with Crippen molar-refractivity contribution in [2.75, 3.05) is 6.61 Å². The Morgan fingerprint density at radius 2 is 2.12 bits per heavy atom. The number of hydrogen-bond acceptors (Lipinski definition) is 4. The van der Waals surface area contributed by atoms with Gasteiger partial charge in [0.05, 0.1) is 18.8 Å². The Morgan fingerprint density at radius 1 is 1.27 bits per heavy atom. The molecule has 0 saturated carbocycles. The summed E-state index contributed by atoms with van der Waals surface area (Å²) in [6, 6.07) is 5.38. The Morgan fingerprint density at radius 3 is 2.88 bits per heavy atom. The van der Waals surface area contributed by atoms with E-state index >= 15 is 0 Å². The van der Waals surface area contributed by atoms with Crippen molar-refractivity contribution in [1.82, 2.24) is 15.5 Å². The molecule has 1 aromatic heterocycles. The van der Waals surface area contributed by atoms with Gasteiger partial charge >= 0.3 is 0 Å². The van der Waals surface area contributed by atoms with E-state index < -0.39 is 0 Å². The maximum absolute atomic E-state index is 12.3. The second kappa shape index (κ2) is 8.17. The molecule has 1 aliphatic rings. The molecule has 0 saturated heterocycles. The normalized spacial score (nSPS) is 12.7. The van der Waals surface area contributed by atoms with Crippen molar-refractivity contribution in [3.63, 3.8) is 0 Å². The summed E-state index contributed by atoms with van der Waals surface area (Å²) >= 11 is 0. The molecule has 1 aromatic carbocycles. The van der Waals surface area contributed by atoms with Crippen LogP contribution >= 0.6 is 0 Å². The van der Waals surface area contributed by atoms with Gasteiger partial charge in [-0.3, -0.25) is 14.7 Å². The van der Waals surface area contributed by atoms with Crippen LogP contribution in [0.4, 0.5) is 0 Å². The van der Waals surface area contributed by atoms with E-state index in [1.54, 1.807) is 6.07 Å². The third-order valence-electron chi connectivity index (χ3n) is 4.72. The van der Waals surface area contributed by atoms with Gasteiger partial charge in [0, 0.05) is 24.1 Å². The van der Waals surface area contributed by atoms with Gasteiger partial charge in [0.1, 0.15) is 5.75 Å². The summed E-state index contributed by atoms with van der Waals surface area (Å²) < 4.78 is 5.48. The second-order valence-corrected chi connectivity index (χ2v) is 6.59. The Kier molecular flexibility index (Phi) is 5.71. The van der Waals surface area contributed by atoms with Gasteiger partial charge in [-0.05, 0) is 62.4 Å². The number of aromatic nitrogens is 2. The van der Waals surface area contributed by atoms with Crippen molar-refractivity contribution < 1.29 is 14.3 Å². The first-order chi connectivity index (χ1) is 12.6. The second-order valence-electron chi connectivity index (χ2n) is 6.59. The zero-order chi connectivity index (χ0) is 18.5. The van der Waals surface area contributed by atoms with Crippen LogP contribution in [0.2, 0.25) is 0 Å². The largest absolute Gasteiger partial charge is 0.494 e. The van der Waals surface area contributed by atoms with Crippen molar-refractivity contribution in [3.05, 3.63) is 46.3 Å². The summed E-state index contributed by atoms with van der Waals surface area (Å²) in [5.41, 5.74) is 4.89. The first-order valence-electron chi connectivity index (χ1n) is 9.16. The topological polar surface area (TPSA) is 84.1 Å². The number of aryl methyl sites for hydroxylation is 2. The zero-order valence-corrected chi connectivity index (χ0v) is 15.4. The lowest BCUT2D eigenvalue weighted by molar-refractivity contribution is -0.121. The molecule has 0 unspecified atom stereocenters. The van der Waals surface area contributed by atoms with Gasteiger partial charge in [-0.2, -0.15) is 5.10 Å². The summed E-state index contributed by atoms with van der Waals surface area (Å²) in [6.07, 6.45) is 3.56. The number of H-pyrrole nitrogens is 1. The Bertz CT molecular complexity index is 811. The molecule has 26 heavy (non-hydrogen) atoms. The molecular weight excluding hydrogens is 330 g/mol. The van der Waals surface area contributed by atoms with E-state index in [4.69, 9.17) is 4.74 Å². The number of carbonyl (C=O) groups excluding carboxylic acids is 2. The predicted molar refractivity (Wildman–Crippen MR) is 98.4 cm³/mol. The van der Waals surface area contributed by atoms with E-state index in [1.807, 2.05) is 26.0 Å². The number of aromatic amines is 1. The van der Waals surface area contributed by atoms with Crippen molar-refractivity contribution >= 4 is 11.7 Å². The molecule has 6 nitrogen and oxygen atoms in total. The molecule has 2 N–H and O–H groups in total. The molecule has 1 amide bonds. The van der Waals surface area contributed by atoms with Gasteiger partial charge in [0.15, 0.2) is 5.78 Å². The van der Waals surface area contributed by atoms with Gasteiger partial charge in [0.25, 0.3) is 0 Å². The van der Waals surface area contributed by atoms with E-state index in [0.29, 0.717) is 18.7 Å². The first-order valence-corrected chi connectivity index (χ1v) is 9.16. The van der Waals surface area contributed by atoms with Crippen LogP contribution in [0.3, 0.4) is 0 Å². The molecule has 0 atom stereocenters. The smallest absolute Gasteiger partial charge is 0.220 e. The molecule has 0 spiro atoms. The maximum atomic E-state index is 12.3. The van der Waals surface area contributed by atoms with E-state index in [-0.39, 0.29) is 24.5 Å². The first kappa shape index (κ1) is 18.2. The lowest BCUT2D eigenvalue weighted by atomic mass is 10.0. The highest BCUT2D eigenvalue weighted by molar-refractivity contribution is 5.98. The molecule has 6 heteroatoms. The van der Waals surface area contributed by atoms with Crippen LogP contribution in [-0.2, 0) is 24.2 Å². The molecule has 138 valence electrons. The Hall–Kier alpha value is -2.63. The molecule has 1 heterocycles. The molecule has 0 aliphatic heterocycles. The minimum Gasteiger partial charge on any atom is -0.494 e. The van der Waals surface area contributed by atoms with Crippen LogP contribution in [0.15, 0.2) is 18.2 Å². The van der Waals surface area contributed by atoms with Gasteiger partial charge in [-0.25, -0.2) is 0 Å². The Balaban J connectivity index is 1.48. The van der Waals surface area contributed by atoms with Crippen molar-refractivity contribution in [2.45, 2.75) is 52.5 Å². The number of ketones is 1. The maximum Gasteiger partial charge on any atom is 0.220 e. The third kappa shape index (κ3) is 4.12. The van der Waals surface area contributed by atoms with Crippen molar-refractivity contribution in [3.8, 4) is 5.75 Å². The average molecular weight is 355 g/mol. The minimum atomic E-state index is -0.129. The third-order valence-corrected chi connectivity index (χ3v) is 4.72. The highest BCUT2D eigenvalue weighted by Gasteiger charge is 2.18. The monoisotopic (exact) mass is 355 g/mol. The number of nitrogens with zero attached hydrogens (tertiary/aromatic N) is 1. The molecule has 1 aliphatic carbocycles. The minimum absolute atomic E-state index is 0.0352. The molecule has 0 bridgehead atoms. The van der Waals surface area contributed by atoms with Crippen LogP contribution in [0, 0.1) is 6.92 Å². The van der Waals surface area contributed by atoms with Crippen LogP contribution in [0.5, 0.6) is 5.75 Å². The number of rotatable bonds is 8. The van der Waals surface area contributed by atoms with E-state index in [2.05, 4.69) is 15.5 Å². The van der Waals surface area contributed by atoms with Gasteiger partial charge in [-0.1, -0.05) is 0 Å². The Labute approximate surface area is 153 Å². The van der Waals surface area contributed by atoms with Crippen LogP contribution in [-0.4, -0.2) is 28.5 Å². The highest BCUT2D eigenvalue weighted by atomic mass is 16.5. The van der Waals surface area contributed by atoms with Crippen LogP contribution in [0.1, 0.15) is 59.1 Å². The molecule has 3 rings (SSSR count). The lowest BCUT2D eigenvalue weighted by Gasteiger charge is -2.09. The number of ether oxygens (including phenoxy) is 1. The summed E-state index contributed by atoms with van der Waals surface area (Å²) in [5.74, 6) is 0.621. The van der Waals surface area contributed by atoms with Crippen molar-refractivity contribution in [1.29, 1.82) is 0 Å². The van der Waals surface area contributed by atoms with Crippen LogP contribution < -0.4 is 10.1 Å². The fourth-order valence-electron chi connectivity index (χ4n) is 3.32. The van der Waals surface area contributed by atoms with Gasteiger partial charge < -0.3 is 10.1 Å². The summed E-state index contributed by atoms with van der Waals surface area (Å²) in [7, 11) is 0.